The van der Waals surface area contributed by atoms with Crippen molar-refractivity contribution in [2.75, 3.05) is 6.61 Å². The van der Waals surface area contributed by atoms with E-state index in [1.165, 1.54) is 16.7 Å². The molecule has 1 heteroatoms. The molecule has 0 aromatic heterocycles. The number of aliphatic hydroxyl groups is 1. The SMILES string of the molecule is OCCCc1ccccc1-c1ccccc1. The maximum atomic E-state index is 8.89. The van der Waals surface area contributed by atoms with Gasteiger partial charge in [-0.1, -0.05) is 54.6 Å². The molecule has 2 rings (SSSR count). The average Bonchev–Trinajstić information content (AvgIpc) is 2.38. The average molecular weight is 212 g/mol. The summed E-state index contributed by atoms with van der Waals surface area (Å²) in [6, 6.07) is 18.8. The van der Waals surface area contributed by atoms with Crippen molar-refractivity contribution >= 4 is 0 Å². The van der Waals surface area contributed by atoms with Crippen molar-refractivity contribution in [3.63, 3.8) is 0 Å². The third kappa shape index (κ3) is 2.50. The van der Waals surface area contributed by atoms with E-state index < -0.39 is 0 Å². The second-order valence-corrected chi connectivity index (χ2v) is 3.85. The zero-order chi connectivity index (χ0) is 11.2. The van der Waals surface area contributed by atoms with Gasteiger partial charge in [-0.05, 0) is 29.5 Å². The van der Waals surface area contributed by atoms with Crippen LogP contribution >= 0.6 is 0 Å². The van der Waals surface area contributed by atoms with Crippen molar-refractivity contribution in [2.24, 2.45) is 0 Å². The molecule has 16 heavy (non-hydrogen) atoms. The maximum absolute atomic E-state index is 8.89. The highest BCUT2D eigenvalue weighted by Gasteiger charge is 2.02. The van der Waals surface area contributed by atoms with Crippen molar-refractivity contribution in [1.82, 2.24) is 0 Å². The Bertz CT molecular complexity index is 434. The van der Waals surface area contributed by atoms with Crippen molar-refractivity contribution < 1.29 is 5.11 Å². The van der Waals surface area contributed by atoms with Crippen LogP contribution in [0.2, 0.25) is 0 Å². The van der Waals surface area contributed by atoms with Crippen molar-refractivity contribution in [1.29, 1.82) is 0 Å². The Morgan fingerprint density at radius 2 is 1.50 bits per heavy atom. The third-order valence-electron chi connectivity index (χ3n) is 2.71. The fourth-order valence-electron chi connectivity index (χ4n) is 1.91. The lowest BCUT2D eigenvalue weighted by molar-refractivity contribution is 0.288. The quantitative estimate of drug-likeness (QED) is 0.824. The number of rotatable bonds is 4. The zero-order valence-corrected chi connectivity index (χ0v) is 9.26. The van der Waals surface area contributed by atoms with Gasteiger partial charge < -0.3 is 5.11 Å². The number of aryl methyl sites for hydroxylation is 1. The minimum absolute atomic E-state index is 0.253. The largest absolute Gasteiger partial charge is 0.396 e. The first-order chi connectivity index (χ1) is 7.92. The highest BCUT2D eigenvalue weighted by atomic mass is 16.2. The van der Waals surface area contributed by atoms with E-state index in [9.17, 15) is 0 Å². The molecule has 2 aromatic carbocycles. The van der Waals surface area contributed by atoms with Gasteiger partial charge in [0, 0.05) is 6.61 Å². The van der Waals surface area contributed by atoms with Gasteiger partial charge in [-0.2, -0.15) is 0 Å². The van der Waals surface area contributed by atoms with E-state index in [-0.39, 0.29) is 6.61 Å². The normalized spacial score (nSPS) is 10.3. The second-order valence-electron chi connectivity index (χ2n) is 3.85. The van der Waals surface area contributed by atoms with Crippen LogP contribution in [-0.4, -0.2) is 11.7 Å². The Hall–Kier alpha value is -1.60. The number of hydrogen-bond donors (Lipinski definition) is 1. The molecule has 0 saturated carbocycles. The smallest absolute Gasteiger partial charge is 0.0434 e. The minimum atomic E-state index is 0.253. The third-order valence-corrected chi connectivity index (χ3v) is 2.71. The van der Waals surface area contributed by atoms with Gasteiger partial charge in [0.05, 0.1) is 0 Å². The van der Waals surface area contributed by atoms with Crippen LogP contribution in [0, 0.1) is 0 Å². The molecule has 1 nitrogen and oxygen atoms in total. The monoisotopic (exact) mass is 212 g/mol. The van der Waals surface area contributed by atoms with Crippen LogP contribution in [0.15, 0.2) is 54.6 Å². The number of aliphatic hydroxyl groups excluding tert-OH is 1. The van der Waals surface area contributed by atoms with Gasteiger partial charge in [0.25, 0.3) is 0 Å². The highest BCUT2D eigenvalue weighted by Crippen LogP contribution is 2.24. The molecule has 0 aliphatic carbocycles. The van der Waals surface area contributed by atoms with Gasteiger partial charge in [0.2, 0.25) is 0 Å². The van der Waals surface area contributed by atoms with E-state index >= 15 is 0 Å². The Morgan fingerprint density at radius 1 is 0.812 bits per heavy atom. The molecule has 0 amide bonds. The highest BCUT2D eigenvalue weighted by molar-refractivity contribution is 5.67. The van der Waals surface area contributed by atoms with Gasteiger partial charge in [-0.3, -0.25) is 0 Å². The summed E-state index contributed by atoms with van der Waals surface area (Å²) >= 11 is 0. The molecule has 0 spiro atoms. The van der Waals surface area contributed by atoms with Gasteiger partial charge >= 0.3 is 0 Å². The van der Waals surface area contributed by atoms with Crippen LogP contribution < -0.4 is 0 Å². The summed E-state index contributed by atoms with van der Waals surface area (Å²) in [5.74, 6) is 0. The van der Waals surface area contributed by atoms with Crippen LogP contribution in [0.4, 0.5) is 0 Å². The molecule has 0 radical (unpaired) electrons. The summed E-state index contributed by atoms with van der Waals surface area (Å²) in [6.45, 7) is 0.253. The topological polar surface area (TPSA) is 20.2 Å². The Morgan fingerprint density at radius 3 is 2.25 bits per heavy atom. The van der Waals surface area contributed by atoms with E-state index in [1.54, 1.807) is 0 Å². The van der Waals surface area contributed by atoms with Gasteiger partial charge in [-0.15, -0.1) is 0 Å². The Kier molecular flexibility index (Phi) is 3.73. The zero-order valence-electron chi connectivity index (χ0n) is 9.26. The van der Waals surface area contributed by atoms with Crippen LogP contribution in [0.25, 0.3) is 11.1 Å². The first kappa shape index (κ1) is 10.9. The van der Waals surface area contributed by atoms with Crippen LogP contribution in [0.1, 0.15) is 12.0 Å². The lowest BCUT2D eigenvalue weighted by atomic mass is 9.97. The summed E-state index contributed by atoms with van der Waals surface area (Å²) in [5.41, 5.74) is 3.83. The summed E-state index contributed by atoms with van der Waals surface area (Å²) in [5, 5.41) is 8.89. The Labute approximate surface area is 96.4 Å². The molecule has 0 atom stereocenters. The fraction of sp³-hybridized carbons (Fsp3) is 0.200. The van der Waals surface area contributed by atoms with Crippen LogP contribution in [-0.2, 0) is 6.42 Å². The second kappa shape index (κ2) is 5.47. The molecule has 0 saturated heterocycles. The van der Waals surface area contributed by atoms with E-state index in [4.69, 9.17) is 5.11 Å². The predicted octanol–water partition coefficient (Wildman–Crippen LogP) is 3.28. The molecule has 2 aromatic rings. The molecule has 1 N–H and O–H groups in total. The van der Waals surface area contributed by atoms with Crippen LogP contribution in [0.3, 0.4) is 0 Å². The molecular weight excluding hydrogens is 196 g/mol. The maximum Gasteiger partial charge on any atom is 0.0434 e. The molecule has 0 aliphatic rings. The van der Waals surface area contributed by atoms with E-state index in [2.05, 4.69) is 48.5 Å². The van der Waals surface area contributed by atoms with Gasteiger partial charge in [0.15, 0.2) is 0 Å². The molecule has 82 valence electrons. The lowest BCUT2D eigenvalue weighted by Crippen LogP contribution is -1.92. The first-order valence-electron chi connectivity index (χ1n) is 5.66. The van der Waals surface area contributed by atoms with Crippen molar-refractivity contribution in [3.8, 4) is 11.1 Å². The van der Waals surface area contributed by atoms with E-state index in [1.807, 2.05) is 6.07 Å². The van der Waals surface area contributed by atoms with Gasteiger partial charge in [-0.25, -0.2) is 0 Å². The van der Waals surface area contributed by atoms with Crippen molar-refractivity contribution in [2.45, 2.75) is 12.8 Å². The molecule has 0 heterocycles. The number of hydrogen-bond acceptors (Lipinski definition) is 1. The predicted molar refractivity (Wildman–Crippen MR) is 67.3 cm³/mol. The van der Waals surface area contributed by atoms with Gasteiger partial charge in [0.1, 0.15) is 0 Å². The molecular formula is C15H16O. The van der Waals surface area contributed by atoms with E-state index in [0.717, 1.165) is 12.8 Å². The lowest BCUT2D eigenvalue weighted by Gasteiger charge is -2.08. The minimum Gasteiger partial charge on any atom is -0.396 e. The summed E-state index contributed by atoms with van der Waals surface area (Å²) in [6.07, 6.45) is 1.76. The van der Waals surface area contributed by atoms with E-state index in [0.29, 0.717) is 0 Å². The number of benzene rings is 2. The fourth-order valence-corrected chi connectivity index (χ4v) is 1.91. The summed E-state index contributed by atoms with van der Waals surface area (Å²) < 4.78 is 0. The Balaban J connectivity index is 2.33. The summed E-state index contributed by atoms with van der Waals surface area (Å²) in [7, 11) is 0. The summed E-state index contributed by atoms with van der Waals surface area (Å²) in [4.78, 5) is 0. The molecule has 0 fully saturated rings. The van der Waals surface area contributed by atoms with Crippen molar-refractivity contribution in [3.05, 3.63) is 60.2 Å². The molecule has 0 bridgehead atoms. The molecule has 0 aliphatic heterocycles. The van der Waals surface area contributed by atoms with Crippen LogP contribution in [0.5, 0.6) is 0 Å². The molecule has 0 unspecified atom stereocenters. The first-order valence-corrected chi connectivity index (χ1v) is 5.66. The standard InChI is InChI=1S/C15H16O/c16-12-6-10-14-9-4-5-11-15(14)13-7-2-1-3-8-13/h1-5,7-9,11,16H,6,10,12H2.